The predicted octanol–water partition coefficient (Wildman–Crippen LogP) is 4.36. The Morgan fingerprint density at radius 2 is 2.04 bits per heavy atom. The first-order chi connectivity index (χ1) is 11.2. The average Bonchev–Trinajstić information content (AvgIpc) is 3.01. The number of benzene rings is 1. The normalized spacial score (nSPS) is 10.5. The van der Waals surface area contributed by atoms with Crippen molar-refractivity contribution in [2.24, 2.45) is 0 Å². The van der Waals surface area contributed by atoms with Gasteiger partial charge in [0, 0.05) is 12.2 Å². The number of hydrogen-bond acceptors (Lipinski definition) is 6. The zero-order valence-corrected chi connectivity index (χ0v) is 15.0. The lowest BCUT2D eigenvalue weighted by molar-refractivity contribution is -0.116. The third-order valence-corrected chi connectivity index (χ3v) is 5.22. The van der Waals surface area contributed by atoms with Crippen LogP contribution in [0.4, 0.5) is 5.13 Å². The highest BCUT2D eigenvalue weighted by Crippen LogP contribution is 2.28. The average molecular weight is 351 g/mol. The fourth-order valence-corrected chi connectivity index (χ4v) is 3.63. The van der Waals surface area contributed by atoms with Gasteiger partial charge in [-0.15, -0.1) is 10.2 Å². The van der Waals surface area contributed by atoms with Gasteiger partial charge in [-0.2, -0.15) is 0 Å². The molecule has 1 N–H and O–H groups in total. The summed E-state index contributed by atoms with van der Waals surface area (Å²) in [6.07, 6.45) is 3.65. The molecule has 0 radical (unpaired) electrons. The van der Waals surface area contributed by atoms with Crippen LogP contribution < -0.4 is 10.1 Å². The van der Waals surface area contributed by atoms with Crippen LogP contribution in [0.1, 0.15) is 38.2 Å². The van der Waals surface area contributed by atoms with Crippen molar-refractivity contribution >= 4 is 34.1 Å². The number of thioether (sulfide) groups is 1. The number of anilines is 1. The molecule has 0 bridgehead atoms. The molecule has 0 unspecified atom stereocenters. The molecule has 1 aromatic carbocycles. The van der Waals surface area contributed by atoms with E-state index in [1.165, 1.54) is 16.9 Å². The number of aromatic nitrogens is 2. The summed E-state index contributed by atoms with van der Waals surface area (Å²) in [6, 6.07) is 7.95. The van der Waals surface area contributed by atoms with Gasteiger partial charge in [0.1, 0.15) is 5.75 Å². The molecule has 0 saturated carbocycles. The molecule has 124 valence electrons. The van der Waals surface area contributed by atoms with Crippen LogP contribution in [0.2, 0.25) is 0 Å². The quantitative estimate of drug-likeness (QED) is 0.413. The van der Waals surface area contributed by atoms with E-state index in [-0.39, 0.29) is 5.91 Å². The van der Waals surface area contributed by atoms with Crippen LogP contribution in [0.15, 0.2) is 28.6 Å². The Hall–Kier alpha value is -1.60. The molecule has 2 aromatic rings. The van der Waals surface area contributed by atoms with Crippen molar-refractivity contribution in [2.45, 2.75) is 42.7 Å². The molecule has 0 atom stereocenters. The third-order valence-electron chi connectivity index (χ3n) is 3.18. The van der Waals surface area contributed by atoms with Gasteiger partial charge in [0.05, 0.1) is 7.11 Å². The number of carbonyl (C=O) groups excluding carboxylic acids is 1. The second-order valence-corrected chi connectivity index (χ2v) is 7.22. The maximum absolute atomic E-state index is 11.7. The van der Waals surface area contributed by atoms with Gasteiger partial charge in [-0.1, -0.05) is 55.0 Å². The first kappa shape index (κ1) is 17.7. The van der Waals surface area contributed by atoms with Gasteiger partial charge in [0.25, 0.3) is 0 Å². The topological polar surface area (TPSA) is 64.1 Å². The van der Waals surface area contributed by atoms with Crippen LogP contribution in [-0.4, -0.2) is 23.2 Å². The minimum absolute atomic E-state index is 0.0151. The van der Waals surface area contributed by atoms with Crippen molar-refractivity contribution in [3.63, 3.8) is 0 Å². The van der Waals surface area contributed by atoms with Gasteiger partial charge >= 0.3 is 0 Å². The number of unbranched alkanes of at least 4 members (excludes halogenated alkanes) is 2. The Labute approximate surface area is 144 Å². The van der Waals surface area contributed by atoms with Crippen molar-refractivity contribution in [3.05, 3.63) is 29.8 Å². The van der Waals surface area contributed by atoms with Crippen molar-refractivity contribution in [1.29, 1.82) is 0 Å². The van der Waals surface area contributed by atoms with Crippen LogP contribution in [0.5, 0.6) is 5.75 Å². The number of nitrogens with zero attached hydrogens (tertiary/aromatic N) is 2. The maximum Gasteiger partial charge on any atom is 0.226 e. The molecule has 23 heavy (non-hydrogen) atoms. The van der Waals surface area contributed by atoms with Gasteiger partial charge < -0.3 is 10.1 Å². The number of nitrogens with one attached hydrogen (secondary N) is 1. The molecule has 0 aliphatic rings. The Morgan fingerprint density at radius 3 is 2.74 bits per heavy atom. The minimum atomic E-state index is 0.0151. The van der Waals surface area contributed by atoms with Crippen LogP contribution in [0, 0.1) is 0 Å². The first-order valence-electron chi connectivity index (χ1n) is 7.60. The van der Waals surface area contributed by atoms with Gasteiger partial charge in [0.2, 0.25) is 11.0 Å². The molecular formula is C16H21N3O2S2. The van der Waals surface area contributed by atoms with E-state index in [1.807, 2.05) is 24.3 Å². The van der Waals surface area contributed by atoms with Gasteiger partial charge in [-0.05, 0) is 24.1 Å². The Bertz CT molecular complexity index is 614. The summed E-state index contributed by atoms with van der Waals surface area (Å²) >= 11 is 3.02. The highest BCUT2D eigenvalue weighted by Gasteiger charge is 2.08. The Balaban J connectivity index is 1.78. The zero-order chi connectivity index (χ0) is 16.5. The predicted molar refractivity (Wildman–Crippen MR) is 95.2 cm³/mol. The van der Waals surface area contributed by atoms with Crippen LogP contribution in [0.3, 0.4) is 0 Å². The summed E-state index contributed by atoms with van der Waals surface area (Å²) in [7, 11) is 1.66. The van der Waals surface area contributed by atoms with Gasteiger partial charge in [-0.3, -0.25) is 4.79 Å². The highest BCUT2D eigenvalue weighted by molar-refractivity contribution is 8.00. The van der Waals surface area contributed by atoms with Gasteiger partial charge in [0.15, 0.2) is 4.34 Å². The molecule has 2 rings (SSSR count). The summed E-state index contributed by atoms with van der Waals surface area (Å²) in [5, 5.41) is 11.5. The van der Waals surface area contributed by atoms with Crippen molar-refractivity contribution in [2.75, 3.05) is 12.4 Å². The summed E-state index contributed by atoms with van der Waals surface area (Å²) in [6.45, 7) is 2.12. The summed E-state index contributed by atoms with van der Waals surface area (Å²) in [5.41, 5.74) is 1.19. The molecule has 0 aliphatic heterocycles. The van der Waals surface area contributed by atoms with Crippen molar-refractivity contribution in [3.8, 4) is 5.75 Å². The zero-order valence-electron chi connectivity index (χ0n) is 13.4. The van der Waals surface area contributed by atoms with Crippen molar-refractivity contribution in [1.82, 2.24) is 10.2 Å². The number of carbonyl (C=O) groups is 1. The number of rotatable bonds is 9. The molecule has 0 aliphatic carbocycles. The van der Waals surface area contributed by atoms with Crippen molar-refractivity contribution < 1.29 is 9.53 Å². The Morgan fingerprint density at radius 1 is 1.26 bits per heavy atom. The smallest absolute Gasteiger partial charge is 0.226 e. The highest BCUT2D eigenvalue weighted by atomic mass is 32.2. The monoisotopic (exact) mass is 351 g/mol. The fraction of sp³-hybridized carbons (Fsp3) is 0.438. The number of hydrogen-bond donors (Lipinski definition) is 1. The SMILES string of the molecule is CCCCCC(=O)Nc1nnc(SCc2ccc(OC)cc2)s1. The lowest BCUT2D eigenvalue weighted by Gasteiger charge is -2.01. The van der Waals surface area contributed by atoms with Crippen LogP contribution in [-0.2, 0) is 10.5 Å². The molecule has 0 saturated heterocycles. The number of methoxy groups -OCH3 is 1. The summed E-state index contributed by atoms with van der Waals surface area (Å²) in [5.74, 6) is 1.67. The standard InChI is InChI=1S/C16H21N3O2S2/c1-3-4-5-6-14(20)17-15-18-19-16(23-15)22-11-12-7-9-13(21-2)10-8-12/h7-10H,3-6,11H2,1-2H3,(H,17,18,20). The Kier molecular flexibility index (Phi) is 7.35. The minimum Gasteiger partial charge on any atom is -0.497 e. The third kappa shape index (κ3) is 6.19. The van der Waals surface area contributed by atoms with E-state index in [1.54, 1.807) is 18.9 Å². The van der Waals surface area contributed by atoms with E-state index in [9.17, 15) is 4.79 Å². The lowest BCUT2D eigenvalue weighted by Crippen LogP contribution is -2.10. The maximum atomic E-state index is 11.7. The molecule has 7 heteroatoms. The van der Waals surface area contributed by atoms with E-state index >= 15 is 0 Å². The van der Waals surface area contributed by atoms with E-state index in [0.717, 1.165) is 35.1 Å². The van der Waals surface area contributed by atoms with Crippen LogP contribution >= 0.6 is 23.1 Å². The molecule has 0 fully saturated rings. The largest absolute Gasteiger partial charge is 0.497 e. The van der Waals surface area contributed by atoms with Gasteiger partial charge in [-0.25, -0.2) is 0 Å². The molecule has 0 spiro atoms. The molecule has 1 amide bonds. The lowest BCUT2D eigenvalue weighted by atomic mass is 10.2. The molecule has 1 heterocycles. The van der Waals surface area contributed by atoms with Crippen LogP contribution in [0.25, 0.3) is 0 Å². The van der Waals surface area contributed by atoms with E-state index in [2.05, 4.69) is 22.4 Å². The molecular weight excluding hydrogens is 330 g/mol. The first-order valence-corrected chi connectivity index (χ1v) is 9.40. The number of amides is 1. The fourth-order valence-electron chi connectivity index (χ4n) is 1.90. The molecule has 5 nitrogen and oxygen atoms in total. The second kappa shape index (κ2) is 9.52. The summed E-state index contributed by atoms with van der Waals surface area (Å²) in [4.78, 5) is 11.7. The number of ether oxygens (including phenoxy) is 1. The molecule has 1 aromatic heterocycles. The summed E-state index contributed by atoms with van der Waals surface area (Å²) < 4.78 is 5.99. The van der Waals surface area contributed by atoms with E-state index in [0.29, 0.717) is 11.6 Å². The van der Waals surface area contributed by atoms with E-state index in [4.69, 9.17) is 4.74 Å². The second-order valence-electron chi connectivity index (χ2n) is 5.02. The van der Waals surface area contributed by atoms with E-state index < -0.39 is 0 Å².